The minimum absolute atomic E-state index is 0.327. The molecule has 0 bridgehead atoms. The Morgan fingerprint density at radius 3 is 2.74 bits per heavy atom. The Hall–Kier alpha value is -1.88. The number of aromatic carboxylic acids is 1. The first-order chi connectivity index (χ1) is 11.2. The number of benzene rings is 1. The van der Waals surface area contributed by atoms with Crippen LogP contribution in [-0.4, -0.2) is 22.7 Å². The zero-order chi connectivity index (χ0) is 16.7. The van der Waals surface area contributed by atoms with E-state index in [0.717, 1.165) is 22.7 Å². The average Bonchev–Trinajstić information content (AvgIpc) is 3.00. The van der Waals surface area contributed by atoms with E-state index >= 15 is 0 Å². The summed E-state index contributed by atoms with van der Waals surface area (Å²) in [4.78, 5) is 16.1. The fourth-order valence-corrected chi connectivity index (χ4v) is 3.31. The molecule has 0 unspecified atom stereocenters. The summed E-state index contributed by atoms with van der Waals surface area (Å²) in [6.45, 7) is 4.82. The molecule has 0 aliphatic rings. The van der Waals surface area contributed by atoms with Gasteiger partial charge in [0.2, 0.25) is 0 Å². The lowest BCUT2D eigenvalue weighted by atomic mass is 10.2. The Kier molecular flexibility index (Phi) is 6.59. The molecule has 1 heterocycles. The van der Waals surface area contributed by atoms with E-state index in [1.54, 1.807) is 0 Å². The number of carboxylic acid groups (broad SMARTS) is 1. The summed E-state index contributed by atoms with van der Waals surface area (Å²) in [5, 5.41) is 9.98. The number of unbranched alkanes of at least 4 members (excludes halogenated alkanes) is 3. The molecule has 2 rings (SSSR count). The first-order valence-corrected chi connectivity index (χ1v) is 8.93. The summed E-state index contributed by atoms with van der Waals surface area (Å²) in [7, 11) is 0. The van der Waals surface area contributed by atoms with Crippen LogP contribution in [0.25, 0.3) is 10.6 Å². The number of nitrogens with zero attached hydrogens (tertiary/aromatic N) is 1. The fourth-order valence-electron chi connectivity index (χ4n) is 2.32. The van der Waals surface area contributed by atoms with Crippen LogP contribution in [0.1, 0.15) is 54.9 Å². The summed E-state index contributed by atoms with van der Waals surface area (Å²) >= 11 is 1.22. The van der Waals surface area contributed by atoms with Crippen LogP contribution >= 0.6 is 11.3 Å². The molecular weight excluding hydrogens is 310 g/mol. The molecule has 0 radical (unpaired) electrons. The second-order valence-corrected chi connectivity index (χ2v) is 6.39. The van der Waals surface area contributed by atoms with Crippen molar-refractivity contribution in [3.05, 3.63) is 34.8 Å². The van der Waals surface area contributed by atoms with Gasteiger partial charge in [-0.2, -0.15) is 0 Å². The number of hydrogen-bond acceptors (Lipinski definition) is 4. The van der Waals surface area contributed by atoms with Crippen LogP contribution < -0.4 is 4.74 Å². The topological polar surface area (TPSA) is 59.4 Å². The highest BCUT2D eigenvalue weighted by Gasteiger charge is 2.17. The van der Waals surface area contributed by atoms with Gasteiger partial charge in [0.15, 0.2) is 0 Å². The van der Waals surface area contributed by atoms with Gasteiger partial charge in [0.05, 0.1) is 12.3 Å². The van der Waals surface area contributed by atoms with E-state index < -0.39 is 5.97 Å². The van der Waals surface area contributed by atoms with E-state index in [9.17, 15) is 9.90 Å². The third kappa shape index (κ3) is 4.79. The highest BCUT2D eigenvalue weighted by Crippen LogP contribution is 2.30. The Labute approximate surface area is 141 Å². The predicted molar refractivity (Wildman–Crippen MR) is 93.5 cm³/mol. The van der Waals surface area contributed by atoms with Crippen molar-refractivity contribution in [3.8, 4) is 16.3 Å². The number of carbonyl (C=O) groups is 1. The first kappa shape index (κ1) is 17.5. The van der Waals surface area contributed by atoms with Gasteiger partial charge in [0.1, 0.15) is 15.6 Å². The Bertz CT molecular complexity index is 651. The number of carboxylic acids is 1. The molecule has 0 amide bonds. The minimum atomic E-state index is -0.908. The zero-order valence-electron chi connectivity index (χ0n) is 13.7. The van der Waals surface area contributed by atoms with Gasteiger partial charge in [-0.1, -0.05) is 45.2 Å². The van der Waals surface area contributed by atoms with E-state index in [4.69, 9.17) is 4.74 Å². The van der Waals surface area contributed by atoms with Gasteiger partial charge in [-0.05, 0) is 25.0 Å². The molecule has 0 saturated heterocycles. The van der Waals surface area contributed by atoms with Gasteiger partial charge < -0.3 is 9.84 Å². The Balaban J connectivity index is 2.09. The number of ether oxygens (including phenoxy) is 1. The predicted octanol–water partition coefficient (Wildman–Crippen LogP) is 5.03. The van der Waals surface area contributed by atoms with Gasteiger partial charge in [-0.15, -0.1) is 11.3 Å². The van der Waals surface area contributed by atoms with Crippen LogP contribution in [0, 0.1) is 0 Å². The van der Waals surface area contributed by atoms with Gasteiger partial charge in [0.25, 0.3) is 0 Å². The van der Waals surface area contributed by atoms with E-state index in [1.807, 2.05) is 31.2 Å². The molecule has 1 aromatic heterocycles. The lowest BCUT2D eigenvalue weighted by Crippen LogP contribution is -1.97. The maximum Gasteiger partial charge on any atom is 0.347 e. The highest BCUT2D eigenvalue weighted by atomic mass is 32.1. The van der Waals surface area contributed by atoms with E-state index in [1.165, 1.54) is 30.6 Å². The number of aromatic nitrogens is 1. The molecule has 0 atom stereocenters. The zero-order valence-corrected chi connectivity index (χ0v) is 14.5. The van der Waals surface area contributed by atoms with Crippen LogP contribution in [0.2, 0.25) is 0 Å². The third-order valence-corrected chi connectivity index (χ3v) is 4.71. The molecule has 1 aromatic carbocycles. The van der Waals surface area contributed by atoms with E-state index in [0.29, 0.717) is 23.6 Å². The van der Waals surface area contributed by atoms with Crippen molar-refractivity contribution in [2.75, 3.05) is 6.61 Å². The fraction of sp³-hybridized carbons (Fsp3) is 0.444. The summed E-state index contributed by atoms with van der Waals surface area (Å²) < 4.78 is 5.79. The quantitative estimate of drug-likeness (QED) is 0.654. The maximum atomic E-state index is 11.3. The summed E-state index contributed by atoms with van der Waals surface area (Å²) in [6, 6.07) is 7.72. The van der Waals surface area contributed by atoms with E-state index in [2.05, 4.69) is 11.9 Å². The molecule has 0 aliphatic heterocycles. The first-order valence-electron chi connectivity index (χ1n) is 8.12. The van der Waals surface area contributed by atoms with Crippen LogP contribution in [0.4, 0.5) is 0 Å². The average molecular weight is 333 g/mol. The van der Waals surface area contributed by atoms with Crippen molar-refractivity contribution >= 4 is 17.3 Å². The molecule has 0 aliphatic carbocycles. The summed E-state index contributed by atoms with van der Waals surface area (Å²) in [6.07, 6.45) is 5.31. The normalized spacial score (nSPS) is 10.7. The minimum Gasteiger partial charge on any atom is -0.494 e. The largest absolute Gasteiger partial charge is 0.494 e. The summed E-state index contributed by atoms with van der Waals surface area (Å²) in [5.74, 6) is -0.0990. The molecule has 23 heavy (non-hydrogen) atoms. The maximum absolute atomic E-state index is 11.3. The molecule has 2 aromatic rings. The molecule has 5 heteroatoms. The molecule has 1 N–H and O–H groups in total. The summed E-state index contributed by atoms with van der Waals surface area (Å²) in [5.41, 5.74) is 1.55. The SMILES string of the molecule is CCCCCCOc1cccc(-c2nc(CC)c(C(=O)O)s2)c1. The lowest BCUT2D eigenvalue weighted by molar-refractivity contribution is 0.0701. The van der Waals surface area contributed by atoms with Gasteiger partial charge in [-0.3, -0.25) is 0 Å². The monoisotopic (exact) mass is 333 g/mol. The smallest absolute Gasteiger partial charge is 0.347 e. The van der Waals surface area contributed by atoms with Crippen molar-refractivity contribution in [3.63, 3.8) is 0 Å². The Morgan fingerprint density at radius 1 is 1.26 bits per heavy atom. The highest BCUT2D eigenvalue weighted by molar-refractivity contribution is 7.17. The van der Waals surface area contributed by atoms with Crippen LogP contribution in [0.3, 0.4) is 0 Å². The number of aryl methyl sites for hydroxylation is 1. The molecule has 124 valence electrons. The van der Waals surface area contributed by atoms with Crippen LogP contribution in [0.15, 0.2) is 24.3 Å². The molecule has 4 nitrogen and oxygen atoms in total. The molecule has 0 spiro atoms. The van der Waals surface area contributed by atoms with Crippen molar-refractivity contribution in [1.82, 2.24) is 4.98 Å². The standard InChI is InChI=1S/C18H23NO3S/c1-3-5-6-7-11-22-14-10-8-9-13(12-14)17-19-15(4-2)16(23-17)18(20)21/h8-10,12H,3-7,11H2,1-2H3,(H,20,21). The van der Waals surface area contributed by atoms with Gasteiger partial charge in [-0.25, -0.2) is 9.78 Å². The number of thiazole rings is 1. The van der Waals surface area contributed by atoms with Crippen molar-refractivity contribution in [2.24, 2.45) is 0 Å². The Morgan fingerprint density at radius 2 is 2.09 bits per heavy atom. The van der Waals surface area contributed by atoms with Gasteiger partial charge >= 0.3 is 5.97 Å². The van der Waals surface area contributed by atoms with Crippen LogP contribution in [-0.2, 0) is 6.42 Å². The van der Waals surface area contributed by atoms with Crippen molar-refractivity contribution in [1.29, 1.82) is 0 Å². The molecule has 0 saturated carbocycles. The van der Waals surface area contributed by atoms with E-state index in [-0.39, 0.29) is 0 Å². The lowest BCUT2D eigenvalue weighted by Gasteiger charge is -2.07. The second kappa shape index (κ2) is 8.67. The number of rotatable bonds is 9. The van der Waals surface area contributed by atoms with Crippen molar-refractivity contribution < 1.29 is 14.6 Å². The number of hydrogen-bond donors (Lipinski definition) is 1. The molecular formula is C18H23NO3S. The molecule has 0 fully saturated rings. The van der Waals surface area contributed by atoms with Gasteiger partial charge in [0, 0.05) is 5.56 Å². The third-order valence-electron chi connectivity index (χ3n) is 3.57. The second-order valence-electron chi connectivity index (χ2n) is 5.39. The van der Waals surface area contributed by atoms with Crippen molar-refractivity contribution in [2.45, 2.75) is 46.0 Å². The van der Waals surface area contributed by atoms with Crippen LogP contribution in [0.5, 0.6) is 5.75 Å².